The highest BCUT2D eigenvalue weighted by molar-refractivity contribution is 6.04. The van der Waals surface area contributed by atoms with E-state index in [0.717, 1.165) is 11.1 Å². The molecular formula is C23H30N2O3. The topological polar surface area (TPSA) is 67.4 Å². The van der Waals surface area contributed by atoms with E-state index in [0.29, 0.717) is 17.0 Å². The van der Waals surface area contributed by atoms with Gasteiger partial charge in [0.2, 0.25) is 0 Å². The van der Waals surface area contributed by atoms with Gasteiger partial charge >= 0.3 is 0 Å². The standard InChI is InChI=1S/C23H30N2O3/c1-14(2)18-12-11-16(5)13-21(18)28-17(6)22(26)25-20-10-8-7-9-19(20)23(27)24-15(3)4/h7-15,17H,1-6H3,(H,24,27)(H,25,26)/t17-/m1/s1. The zero-order chi connectivity index (χ0) is 20.8. The molecule has 0 unspecified atom stereocenters. The van der Waals surface area contributed by atoms with Crippen molar-refractivity contribution in [2.45, 2.75) is 59.6 Å². The van der Waals surface area contributed by atoms with Crippen molar-refractivity contribution in [2.24, 2.45) is 0 Å². The summed E-state index contributed by atoms with van der Waals surface area (Å²) in [4.78, 5) is 25.1. The number of carbonyl (C=O) groups is 2. The molecule has 5 nitrogen and oxygen atoms in total. The molecule has 5 heteroatoms. The van der Waals surface area contributed by atoms with E-state index in [1.54, 1.807) is 31.2 Å². The largest absolute Gasteiger partial charge is 0.481 e. The fourth-order valence-electron chi connectivity index (χ4n) is 2.83. The minimum atomic E-state index is -0.708. The Labute approximate surface area is 167 Å². The lowest BCUT2D eigenvalue weighted by Crippen LogP contribution is -2.33. The molecule has 2 aromatic carbocycles. The Morgan fingerprint density at radius 2 is 1.64 bits per heavy atom. The molecule has 0 radical (unpaired) electrons. The average molecular weight is 383 g/mol. The van der Waals surface area contributed by atoms with Gasteiger partial charge in [-0.25, -0.2) is 0 Å². The number of nitrogens with one attached hydrogen (secondary N) is 2. The number of hydrogen-bond donors (Lipinski definition) is 2. The summed E-state index contributed by atoms with van der Waals surface area (Å²) < 4.78 is 5.97. The molecule has 150 valence electrons. The number of para-hydroxylation sites is 1. The highest BCUT2D eigenvalue weighted by atomic mass is 16.5. The van der Waals surface area contributed by atoms with Crippen LogP contribution < -0.4 is 15.4 Å². The molecule has 0 aliphatic carbocycles. The van der Waals surface area contributed by atoms with Crippen LogP contribution in [-0.4, -0.2) is 24.0 Å². The van der Waals surface area contributed by atoms with Gasteiger partial charge in [0.1, 0.15) is 5.75 Å². The maximum Gasteiger partial charge on any atom is 0.265 e. The summed E-state index contributed by atoms with van der Waals surface area (Å²) in [6.07, 6.45) is -0.708. The van der Waals surface area contributed by atoms with Gasteiger partial charge in [-0.1, -0.05) is 38.1 Å². The number of ether oxygens (including phenoxy) is 1. The molecule has 0 aliphatic rings. The van der Waals surface area contributed by atoms with Crippen LogP contribution in [0.4, 0.5) is 5.69 Å². The molecule has 2 N–H and O–H groups in total. The lowest BCUT2D eigenvalue weighted by molar-refractivity contribution is -0.122. The van der Waals surface area contributed by atoms with E-state index in [-0.39, 0.29) is 23.8 Å². The first-order chi connectivity index (χ1) is 13.2. The minimum absolute atomic E-state index is 0.00860. The number of anilines is 1. The molecule has 2 aromatic rings. The van der Waals surface area contributed by atoms with Gasteiger partial charge in [-0.3, -0.25) is 9.59 Å². The molecule has 2 rings (SSSR count). The van der Waals surface area contributed by atoms with Crippen molar-refractivity contribution < 1.29 is 14.3 Å². The van der Waals surface area contributed by atoms with Gasteiger partial charge in [-0.15, -0.1) is 0 Å². The first-order valence-corrected chi connectivity index (χ1v) is 9.67. The molecule has 2 amide bonds. The molecule has 28 heavy (non-hydrogen) atoms. The minimum Gasteiger partial charge on any atom is -0.481 e. The quantitative estimate of drug-likeness (QED) is 0.732. The molecule has 0 aliphatic heterocycles. The van der Waals surface area contributed by atoms with Crippen LogP contribution in [0.3, 0.4) is 0 Å². The van der Waals surface area contributed by atoms with E-state index in [4.69, 9.17) is 4.74 Å². The van der Waals surface area contributed by atoms with Crippen LogP contribution in [0.25, 0.3) is 0 Å². The Bertz CT molecular complexity index is 843. The van der Waals surface area contributed by atoms with E-state index in [1.807, 2.05) is 39.0 Å². The Kier molecular flexibility index (Phi) is 7.21. The van der Waals surface area contributed by atoms with Crippen LogP contribution in [0.2, 0.25) is 0 Å². The molecule has 0 heterocycles. The Hall–Kier alpha value is -2.82. The van der Waals surface area contributed by atoms with Crippen molar-refractivity contribution >= 4 is 17.5 Å². The van der Waals surface area contributed by atoms with Gasteiger partial charge in [-0.2, -0.15) is 0 Å². The smallest absolute Gasteiger partial charge is 0.265 e. The average Bonchev–Trinajstić information content (AvgIpc) is 2.61. The van der Waals surface area contributed by atoms with Crippen molar-refractivity contribution in [2.75, 3.05) is 5.32 Å². The van der Waals surface area contributed by atoms with Crippen molar-refractivity contribution in [1.29, 1.82) is 0 Å². The van der Waals surface area contributed by atoms with Crippen molar-refractivity contribution in [3.05, 3.63) is 59.2 Å². The highest BCUT2D eigenvalue weighted by Gasteiger charge is 2.20. The second-order valence-electron chi connectivity index (χ2n) is 7.62. The fourth-order valence-corrected chi connectivity index (χ4v) is 2.83. The van der Waals surface area contributed by atoms with Crippen LogP contribution in [0.5, 0.6) is 5.75 Å². The number of rotatable bonds is 7. The summed E-state index contributed by atoms with van der Waals surface area (Å²) in [5, 5.41) is 5.67. The summed E-state index contributed by atoms with van der Waals surface area (Å²) >= 11 is 0. The molecular weight excluding hydrogens is 352 g/mol. The molecule has 0 saturated carbocycles. The molecule has 1 atom stereocenters. The number of aryl methyl sites for hydroxylation is 1. The Morgan fingerprint density at radius 1 is 0.964 bits per heavy atom. The van der Waals surface area contributed by atoms with Crippen molar-refractivity contribution in [3.63, 3.8) is 0 Å². The van der Waals surface area contributed by atoms with Gasteiger partial charge in [-0.05, 0) is 62.9 Å². The van der Waals surface area contributed by atoms with Crippen LogP contribution >= 0.6 is 0 Å². The van der Waals surface area contributed by atoms with Crippen LogP contribution in [0.15, 0.2) is 42.5 Å². The maximum atomic E-state index is 12.7. The fraction of sp³-hybridized carbons (Fsp3) is 0.391. The summed E-state index contributed by atoms with van der Waals surface area (Å²) in [6, 6.07) is 13.0. The molecule has 0 spiro atoms. The normalized spacial score (nSPS) is 12.0. The van der Waals surface area contributed by atoms with E-state index >= 15 is 0 Å². The molecule has 0 saturated heterocycles. The maximum absolute atomic E-state index is 12.7. The van der Waals surface area contributed by atoms with Crippen molar-refractivity contribution in [1.82, 2.24) is 5.32 Å². The van der Waals surface area contributed by atoms with E-state index in [1.165, 1.54) is 0 Å². The van der Waals surface area contributed by atoms with Gasteiger partial charge in [0.05, 0.1) is 11.3 Å². The Balaban J connectivity index is 2.16. The first kappa shape index (κ1) is 21.5. The van der Waals surface area contributed by atoms with Gasteiger partial charge in [0.25, 0.3) is 11.8 Å². The van der Waals surface area contributed by atoms with Gasteiger partial charge in [0.15, 0.2) is 6.10 Å². The third kappa shape index (κ3) is 5.59. The van der Waals surface area contributed by atoms with Gasteiger partial charge < -0.3 is 15.4 Å². The third-order valence-electron chi connectivity index (χ3n) is 4.31. The lowest BCUT2D eigenvalue weighted by atomic mass is 10.0. The lowest BCUT2D eigenvalue weighted by Gasteiger charge is -2.20. The Morgan fingerprint density at radius 3 is 2.29 bits per heavy atom. The first-order valence-electron chi connectivity index (χ1n) is 9.67. The highest BCUT2D eigenvalue weighted by Crippen LogP contribution is 2.28. The summed E-state index contributed by atoms with van der Waals surface area (Å²) in [7, 11) is 0. The zero-order valence-electron chi connectivity index (χ0n) is 17.5. The number of amides is 2. The van der Waals surface area contributed by atoms with Crippen molar-refractivity contribution in [3.8, 4) is 5.75 Å². The SMILES string of the molecule is Cc1ccc(C(C)C)c(O[C@H](C)C(=O)Nc2ccccc2C(=O)NC(C)C)c1. The zero-order valence-corrected chi connectivity index (χ0v) is 17.5. The predicted molar refractivity (Wildman–Crippen MR) is 113 cm³/mol. The number of benzene rings is 2. The van der Waals surface area contributed by atoms with E-state index in [2.05, 4.69) is 24.5 Å². The summed E-state index contributed by atoms with van der Waals surface area (Å²) in [5.41, 5.74) is 3.02. The van der Waals surface area contributed by atoms with Crippen LogP contribution in [0, 0.1) is 6.92 Å². The molecule has 0 bridgehead atoms. The van der Waals surface area contributed by atoms with E-state index < -0.39 is 6.10 Å². The molecule has 0 aromatic heterocycles. The van der Waals surface area contributed by atoms with Crippen LogP contribution in [-0.2, 0) is 4.79 Å². The van der Waals surface area contributed by atoms with E-state index in [9.17, 15) is 9.59 Å². The molecule has 0 fully saturated rings. The van der Waals surface area contributed by atoms with Gasteiger partial charge in [0, 0.05) is 6.04 Å². The third-order valence-corrected chi connectivity index (χ3v) is 4.31. The predicted octanol–water partition coefficient (Wildman–Crippen LogP) is 4.66. The monoisotopic (exact) mass is 382 g/mol. The summed E-state index contributed by atoms with van der Waals surface area (Å²) in [6.45, 7) is 11.7. The van der Waals surface area contributed by atoms with Crippen LogP contribution in [0.1, 0.15) is 62.0 Å². The summed E-state index contributed by atoms with van der Waals surface area (Å²) in [5.74, 6) is 0.469. The number of carbonyl (C=O) groups excluding carboxylic acids is 2. The second-order valence-corrected chi connectivity index (χ2v) is 7.62. The second kappa shape index (κ2) is 9.40. The number of hydrogen-bond acceptors (Lipinski definition) is 3.